The molecular formula is C14H18ClNOS. The van der Waals surface area contributed by atoms with E-state index in [1.165, 1.54) is 4.88 Å². The fraction of sp³-hybridized carbons (Fsp3) is 0.286. The quantitative estimate of drug-likeness (QED) is 0.920. The largest absolute Gasteiger partial charge is 0.491 e. The SMILES string of the molecule is CC(C)Oc1ccc([C@@H](N)c2cccs2)cc1.Cl. The lowest BCUT2D eigenvalue weighted by molar-refractivity contribution is 0.242. The number of nitrogens with two attached hydrogens (primary N) is 1. The lowest BCUT2D eigenvalue weighted by Gasteiger charge is -2.13. The van der Waals surface area contributed by atoms with Crippen LogP contribution in [0.25, 0.3) is 0 Å². The summed E-state index contributed by atoms with van der Waals surface area (Å²) in [7, 11) is 0. The van der Waals surface area contributed by atoms with E-state index in [-0.39, 0.29) is 24.6 Å². The number of rotatable bonds is 4. The maximum atomic E-state index is 6.18. The van der Waals surface area contributed by atoms with Gasteiger partial charge in [0.25, 0.3) is 0 Å². The first-order chi connectivity index (χ1) is 8.16. The topological polar surface area (TPSA) is 35.2 Å². The first kappa shape index (κ1) is 15.0. The number of halogens is 1. The van der Waals surface area contributed by atoms with Crippen molar-refractivity contribution in [1.29, 1.82) is 0 Å². The van der Waals surface area contributed by atoms with E-state index < -0.39 is 0 Å². The molecule has 1 atom stereocenters. The predicted octanol–water partition coefficient (Wildman–Crippen LogP) is 4.01. The van der Waals surface area contributed by atoms with Crippen LogP contribution in [0.5, 0.6) is 5.75 Å². The summed E-state index contributed by atoms with van der Waals surface area (Å²) in [6, 6.07) is 12.1. The van der Waals surface area contributed by atoms with Crippen molar-refractivity contribution in [1.82, 2.24) is 0 Å². The Morgan fingerprint density at radius 1 is 1.11 bits per heavy atom. The molecule has 0 aliphatic carbocycles. The molecule has 1 heterocycles. The summed E-state index contributed by atoms with van der Waals surface area (Å²) in [6.07, 6.45) is 0.201. The van der Waals surface area contributed by atoms with Crippen molar-refractivity contribution >= 4 is 23.7 Å². The van der Waals surface area contributed by atoms with Gasteiger partial charge in [-0.15, -0.1) is 23.7 Å². The minimum atomic E-state index is -0.0388. The second kappa shape index (κ2) is 6.78. The van der Waals surface area contributed by atoms with Gasteiger partial charge in [0, 0.05) is 4.88 Å². The molecular weight excluding hydrogens is 266 g/mol. The molecule has 0 bridgehead atoms. The summed E-state index contributed by atoms with van der Waals surface area (Å²) in [4.78, 5) is 1.18. The zero-order chi connectivity index (χ0) is 12.3. The number of benzene rings is 1. The Bertz CT molecular complexity index is 453. The summed E-state index contributed by atoms with van der Waals surface area (Å²) in [5.41, 5.74) is 7.30. The van der Waals surface area contributed by atoms with E-state index in [1.807, 2.05) is 49.6 Å². The molecule has 4 heteroatoms. The molecule has 0 radical (unpaired) electrons. The van der Waals surface area contributed by atoms with Gasteiger partial charge in [-0.3, -0.25) is 0 Å². The van der Waals surface area contributed by atoms with Gasteiger partial charge in [-0.25, -0.2) is 0 Å². The van der Waals surface area contributed by atoms with Crippen molar-refractivity contribution in [2.75, 3.05) is 0 Å². The molecule has 1 aromatic heterocycles. The number of hydrogen-bond donors (Lipinski definition) is 1. The standard InChI is InChI=1S/C14H17NOS.ClH/c1-10(2)16-12-7-5-11(6-8-12)14(15)13-4-3-9-17-13;/h3-10,14H,15H2,1-2H3;1H/t14-;/m1./s1. The molecule has 98 valence electrons. The summed E-state index contributed by atoms with van der Waals surface area (Å²) >= 11 is 1.68. The van der Waals surface area contributed by atoms with Crippen LogP contribution in [0, 0.1) is 0 Å². The Morgan fingerprint density at radius 3 is 2.28 bits per heavy atom. The molecule has 2 nitrogen and oxygen atoms in total. The fourth-order valence-corrected chi connectivity index (χ4v) is 2.41. The molecule has 0 fully saturated rings. The summed E-state index contributed by atoms with van der Waals surface area (Å²) < 4.78 is 5.60. The maximum Gasteiger partial charge on any atom is 0.119 e. The average molecular weight is 284 g/mol. The van der Waals surface area contributed by atoms with Gasteiger partial charge in [0.05, 0.1) is 12.1 Å². The maximum absolute atomic E-state index is 6.18. The highest BCUT2D eigenvalue weighted by Gasteiger charge is 2.09. The number of thiophene rings is 1. The van der Waals surface area contributed by atoms with Crippen LogP contribution in [0.15, 0.2) is 41.8 Å². The van der Waals surface area contributed by atoms with Crippen molar-refractivity contribution in [3.05, 3.63) is 52.2 Å². The molecule has 0 saturated carbocycles. The Kier molecular flexibility index (Phi) is 5.66. The van der Waals surface area contributed by atoms with Gasteiger partial charge in [0.1, 0.15) is 5.75 Å². The third-order valence-corrected chi connectivity index (χ3v) is 3.42. The van der Waals surface area contributed by atoms with E-state index >= 15 is 0 Å². The molecule has 2 N–H and O–H groups in total. The normalized spacial score (nSPS) is 12.0. The number of ether oxygens (including phenoxy) is 1. The van der Waals surface area contributed by atoms with Gasteiger partial charge in [0.15, 0.2) is 0 Å². The van der Waals surface area contributed by atoms with E-state index in [2.05, 4.69) is 6.07 Å². The molecule has 2 aromatic rings. The predicted molar refractivity (Wildman–Crippen MR) is 79.8 cm³/mol. The lowest BCUT2D eigenvalue weighted by atomic mass is 10.1. The van der Waals surface area contributed by atoms with Crippen LogP contribution in [0.3, 0.4) is 0 Å². The van der Waals surface area contributed by atoms with Crippen LogP contribution in [0.1, 0.15) is 30.3 Å². The first-order valence-corrected chi connectivity index (χ1v) is 6.60. The second-order valence-electron chi connectivity index (χ2n) is 4.23. The summed E-state index contributed by atoms with van der Waals surface area (Å²) in [5, 5.41) is 2.05. The Balaban J connectivity index is 0.00000162. The monoisotopic (exact) mass is 283 g/mol. The molecule has 18 heavy (non-hydrogen) atoms. The molecule has 0 spiro atoms. The highest BCUT2D eigenvalue weighted by atomic mass is 35.5. The van der Waals surface area contributed by atoms with Crippen LogP contribution in [0.4, 0.5) is 0 Å². The van der Waals surface area contributed by atoms with Crippen molar-refractivity contribution < 1.29 is 4.74 Å². The lowest BCUT2D eigenvalue weighted by Crippen LogP contribution is -2.10. The third kappa shape index (κ3) is 3.73. The minimum absolute atomic E-state index is 0. The zero-order valence-electron chi connectivity index (χ0n) is 10.5. The van der Waals surface area contributed by atoms with Crippen LogP contribution >= 0.6 is 23.7 Å². The minimum Gasteiger partial charge on any atom is -0.491 e. The van der Waals surface area contributed by atoms with Crippen LogP contribution in [-0.4, -0.2) is 6.10 Å². The molecule has 2 rings (SSSR count). The van der Waals surface area contributed by atoms with Gasteiger partial charge >= 0.3 is 0 Å². The van der Waals surface area contributed by atoms with Crippen molar-refractivity contribution in [2.45, 2.75) is 26.0 Å². The molecule has 0 aliphatic heterocycles. The van der Waals surface area contributed by atoms with E-state index in [0.29, 0.717) is 0 Å². The fourth-order valence-electron chi connectivity index (χ4n) is 1.66. The smallest absolute Gasteiger partial charge is 0.119 e. The van der Waals surface area contributed by atoms with Crippen molar-refractivity contribution in [3.63, 3.8) is 0 Å². The number of hydrogen-bond acceptors (Lipinski definition) is 3. The Labute approximate surface area is 118 Å². The van der Waals surface area contributed by atoms with Crippen molar-refractivity contribution in [2.24, 2.45) is 5.73 Å². The summed E-state index contributed by atoms with van der Waals surface area (Å²) in [5.74, 6) is 0.891. The summed E-state index contributed by atoms with van der Waals surface area (Å²) in [6.45, 7) is 4.04. The first-order valence-electron chi connectivity index (χ1n) is 5.72. The van der Waals surface area contributed by atoms with E-state index in [4.69, 9.17) is 10.5 Å². The molecule has 0 unspecified atom stereocenters. The van der Waals surface area contributed by atoms with E-state index in [1.54, 1.807) is 11.3 Å². The van der Waals surface area contributed by atoms with Gasteiger partial charge in [-0.1, -0.05) is 18.2 Å². The van der Waals surface area contributed by atoms with E-state index in [9.17, 15) is 0 Å². The molecule has 1 aromatic carbocycles. The van der Waals surface area contributed by atoms with Crippen LogP contribution in [-0.2, 0) is 0 Å². The van der Waals surface area contributed by atoms with E-state index in [0.717, 1.165) is 11.3 Å². The van der Waals surface area contributed by atoms with Crippen LogP contribution < -0.4 is 10.5 Å². The average Bonchev–Trinajstić information content (AvgIpc) is 2.82. The van der Waals surface area contributed by atoms with Crippen LogP contribution in [0.2, 0.25) is 0 Å². The van der Waals surface area contributed by atoms with Gasteiger partial charge < -0.3 is 10.5 Å². The second-order valence-corrected chi connectivity index (χ2v) is 5.21. The Hall–Kier alpha value is -1.03. The van der Waals surface area contributed by atoms with Gasteiger partial charge in [-0.2, -0.15) is 0 Å². The molecule has 0 aliphatic rings. The highest BCUT2D eigenvalue weighted by Crippen LogP contribution is 2.25. The highest BCUT2D eigenvalue weighted by molar-refractivity contribution is 7.10. The zero-order valence-corrected chi connectivity index (χ0v) is 12.1. The van der Waals surface area contributed by atoms with Gasteiger partial charge in [0.2, 0.25) is 0 Å². The molecule has 0 amide bonds. The van der Waals surface area contributed by atoms with Crippen molar-refractivity contribution in [3.8, 4) is 5.75 Å². The third-order valence-electron chi connectivity index (χ3n) is 2.46. The Morgan fingerprint density at radius 2 is 1.78 bits per heavy atom. The van der Waals surface area contributed by atoms with Gasteiger partial charge in [-0.05, 0) is 43.0 Å². The molecule has 0 saturated heterocycles.